The van der Waals surface area contributed by atoms with Gasteiger partial charge in [0.2, 0.25) is 5.91 Å². The summed E-state index contributed by atoms with van der Waals surface area (Å²) in [5.41, 5.74) is 1.51. The first-order valence-corrected chi connectivity index (χ1v) is 9.98. The van der Waals surface area contributed by atoms with Crippen LogP contribution in [0.3, 0.4) is 0 Å². The highest BCUT2D eigenvalue weighted by atomic mass is 32.1. The van der Waals surface area contributed by atoms with E-state index < -0.39 is 0 Å². The standard InChI is InChI=1S/C21H23N3OS/c25-19(21-10-13-7-14(11-21)9-15(8-13)12-21)24-20(26)23-17-5-1-3-16-4-2-6-22-18(16)17/h1-6,13-15H,7-12H2,(H2,23,24,25,26). The maximum atomic E-state index is 13.1. The average Bonchev–Trinajstić information content (AvgIpc) is 2.61. The van der Waals surface area contributed by atoms with Gasteiger partial charge in [-0.05, 0) is 80.6 Å². The SMILES string of the molecule is O=C(NC(=S)Nc1cccc2cccnc12)C12CC3CC(CC(C3)C1)C2. The Labute approximate surface area is 158 Å². The lowest BCUT2D eigenvalue weighted by Gasteiger charge is -2.55. The normalized spacial score (nSPS) is 31.8. The molecule has 0 unspecified atom stereocenters. The van der Waals surface area contributed by atoms with Crippen molar-refractivity contribution in [2.24, 2.45) is 23.2 Å². The van der Waals surface area contributed by atoms with Crippen LogP contribution in [0.4, 0.5) is 5.69 Å². The van der Waals surface area contributed by atoms with Crippen molar-refractivity contribution in [3.05, 3.63) is 36.5 Å². The molecule has 0 saturated heterocycles. The van der Waals surface area contributed by atoms with Crippen molar-refractivity contribution in [2.75, 3.05) is 5.32 Å². The number of nitrogens with one attached hydrogen (secondary N) is 2. The number of carbonyl (C=O) groups is 1. The van der Waals surface area contributed by atoms with E-state index in [9.17, 15) is 4.79 Å². The molecule has 5 heteroatoms. The number of carbonyl (C=O) groups excluding carboxylic acids is 1. The van der Waals surface area contributed by atoms with Gasteiger partial charge in [0.1, 0.15) is 0 Å². The number of fused-ring (bicyclic) bond motifs is 1. The molecule has 1 heterocycles. The van der Waals surface area contributed by atoms with Crippen LogP contribution in [0, 0.1) is 23.2 Å². The van der Waals surface area contributed by atoms with Gasteiger partial charge in [-0.1, -0.05) is 18.2 Å². The highest BCUT2D eigenvalue weighted by Crippen LogP contribution is 2.60. The Morgan fingerprint density at radius 3 is 2.38 bits per heavy atom. The number of pyridine rings is 1. The minimum absolute atomic E-state index is 0.127. The first kappa shape index (κ1) is 16.2. The summed E-state index contributed by atoms with van der Waals surface area (Å²) in [5, 5.41) is 7.62. The van der Waals surface area contributed by atoms with Crippen molar-refractivity contribution >= 4 is 39.8 Å². The van der Waals surface area contributed by atoms with Crippen LogP contribution in [-0.2, 0) is 4.79 Å². The highest BCUT2D eigenvalue weighted by molar-refractivity contribution is 7.80. The van der Waals surface area contributed by atoms with Gasteiger partial charge in [0, 0.05) is 11.6 Å². The number of thiocarbonyl (C=S) groups is 1. The fourth-order valence-electron chi connectivity index (χ4n) is 5.98. The molecule has 0 aliphatic heterocycles. The zero-order valence-corrected chi connectivity index (χ0v) is 15.5. The number of anilines is 1. The Hall–Kier alpha value is -2.01. The average molecular weight is 366 g/mol. The van der Waals surface area contributed by atoms with E-state index in [2.05, 4.69) is 15.6 Å². The van der Waals surface area contributed by atoms with Crippen LogP contribution in [0.5, 0.6) is 0 Å². The van der Waals surface area contributed by atoms with Crippen LogP contribution in [0.15, 0.2) is 36.5 Å². The van der Waals surface area contributed by atoms with E-state index in [0.717, 1.165) is 53.6 Å². The molecule has 26 heavy (non-hydrogen) atoms. The van der Waals surface area contributed by atoms with E-state index in [1.165, 1.54) is 19.3 Å². The third-order valence-electron chi connectivity index (χ3n) is 6.63. The molecule has 134 valence electrons. The summed E-state index contributed by atoms with van der Waals surface area (Å²) in [5.74, 6) is 2.37. The molecule has 2 aromatic rings. The van der Waals surface area contributed by atoms with Gasteiger partial charge in [-0.3, -0.25) is 9.78 Å². The fraction of sp³-hybridized carbons (Fsp3) is 0.476. The Kier molecular flexibility index (Phi) is 3.74. The first-order valence-electron chi connectivity index (χ1n) is 9.57. The maximum Gasteiger partial charge on any atom is 0.232 e. The number of para-hydroxylation sites is 1. The van der Waals surface area contributed by atoms with E-state index in [4.69, 9.17) is 12.2 Å². The summed E-state index contributed by atoms with van der Waals surface area (Å²) in [6.07, 6.45) is 8.89. The summed E-state index contributed by atoms with van der Waals surface area (Å²) in [6, 6.07) is 9.86. The van der Waals surface area contributed by atoms with Crippen molar-refractivity contribution < 1.29 is 4.79 Å². The molecule has 1 aromatic heterocycles. The lowest BCUT2D eigenvalue weighted by atomic mass is 9.49. The monoisotopic (exact) mass is 365 g/mol. The highest BCUT2D eigenvalue weighted by Gasteiger charge is 2.54. The fourth-order valence-corrected chi connectivity index (χ4v) is 6.19. The third kappa shape index (κ3) is 2.69. The van der Waals surface area contributed by atoms with Crippen LogP contribution in [0.1, 0.15) is 38.5 Å². The van der Waals surface area contributed by atoms with E-state index in [-0.39, 0.29) is 11.3 Å². The van der Waals surface area contributed by atoms with Crippen LogP contribution < -0.4 is 10.6 Å². The molecule has 4 nitrogen and oxygen atoms in total. The third-order valence-corrected chi connectivity index (χ3v) is 6.83. The quantitative estimate of drug-likeness (QED) is 0.781. The molecule has 1 aromatic carbocycles. The van der Waals surface area contributed by atoms with E-state index in [0.29, 0.717) is 5.11 Å². The van der Waals surface area contributed by atoms with Gasteiger partial charge in [-0.15, -0.1) is 0 Å². The second kappa shape index (κ2) is 6.02. The van der Waals surface area contributed by atoms with Crippen molar-refractivity contribution in [3.63, 3.8) is 0 Å². The van der Waals surface area contributed by atoms with Gasteiger partial charge in [0.15, 0.2) is 5.11 Å². The Morgan fingerprint density at radius 2 is 1.69 bits per heavy atom. The second-order valence-corrected chi connectivity index (χ2v) is 8.90. The van der Waals surface area contributed by atoms with Crippen LogP contribution in [0.25, 0.3) is 10.9 Å². The molecule has 0 spiro atoms. The predicted octanol–water partition coefficient (Wildman–Crippen LogP) is 4.26. The summed E-state index contributed by atoms with van der Waals surface area (Å²) in [7, 11) is 0. The summed E-state index contributed by atoms with van der Waals surface area (Å²) in [4.78, 5) is 17.5. The Balaban J connectivity index is 1.32. The van der Waals surface area contributed by atoms with Crippen molar-refractivity contribution in [1.82, 2.24) is 10.3 Å². The second-order valence-electron chi connectivity index (χ2n) is 8.49. The minimum Gasteiger partial charge on any atom is -0.331 e. The smallest absolute Gasteiger partial charge is 0.232 e. The molecule has 4 saturated carbocycles. The largest absolute Gasteiger partial charge is 0.331 e. The molecule has 6 rings (SSSR count). The zero-order valence-electron chi connectivity index (χ0n) is 14.7. The number of benzene rings is 1. The predicted molar refractivity (Wildman–Crippen MR) is 107 cm³/mol. The van der Waals surface area contributed by atoms with Crippen molar-refractivity contribution in [1.29, 1.82) is 0 Å². The molecular weight excluding hydrogens is 342 g/mol. The molecule has 4 bridgehead atoms. The summed E-state index contributed by atoms with van der Waals surface area (Å²) >= 11 is 5.46. The number of hydrogen-bond acceptors (Lipinski definition) is 3. The van der Waals surface area contributed by atoms with Gasteiger partial charge < -0.3 is 10.6 Å². The van der Waals surface area contributed by atoms with Crippen molar-refractivity contribution in [2.45, 2.75) is 38.5 Å². The molecule has 0 atom stereocenters. The van der Waals surface area contributed by atoms with Crippen LogP contribution >= 0.6 is 12.2 Å². The Morgan fingerprint density at radius 1 is 1.04 bits per heavy atom. The molecular formula is C21H23N3OS. The summed E-state index contributed by atoms with van der Waals surface area (Å²) < 4.78 is 0. The number of aromatic nitrogens is 1. The van der Waals surface area contributed by atoms with Gasteiger partial charge in [0.25, 0.3) is 0 Å². The molecule has 0 radical (unpaired) electrons. The van der Waals surface area contributed by atoms with Gasteiger partial charge >= 0.3 is 0 Å². The molecule has 1 amide bonds. The van der Waals surface area contributed by atoms with Crippen LogP contribution in [0.2, 0.25) is 0 Å². The lowest BCUT2D eigenvalue weighted by molar-refractivity contribution is -0.144. The topological polar surface area (TPSA) is 54.0 Å². The molecule has 4 aliphatic rings. The maximum absolute atomic E-state index is 13.1. The van der Waals surface area contributed by atoms with Gasteiger partial charge in [-0.25, -0.2) is 0 Å². The molecule has 4 aliphatic carbocycles. The molecule has 2 N–H and O–H groups in total. The van der Waals surface area contributed by atoms with Gasteiger partial charge in [0.05, 0.1) is 16.6 Å². The van der Waals surface area contributed by atoms with E-state index in [1.807, 2.05) is 30.3 Å². The van der Waals surface area contributed by atoms with E-state index >= 15 is 0 Å². The Bertz CT molecular complexity index is 853. The first-order chi connectivity index (χ1) is 12.6. The zero-order chi connectivity index (χ0) is 17.7. The summed E-state index contributed by atoms with van der Waals surface area (Å²) in [6.45, 7) is 0. The number of nitrogens with zero attached hydrogens (tertiary/aromatic N) is 1. The van der Waals surface area contributed by atoms with E-state index in [1.54, 1.807) is 6.20 Å². The number of rotatable bonds is 2. The minimum atomic E-state index is -0.183. The lowest BCUT2D eigenvalue weighted by Crippen LogP contribution is -2.55. The van der Waals surface area contributed by atoms with Crippen LogP contribution in [-0.4, -0.2) is 16.0 Å². The number of hydrogen-bond donors (Lipinski definition) is 2. The number of amides is 1. The van der Waals surface area contributed by atoms with Crippen molar-refractivity contribution in [3.8, 4) is 0 Å². The molecule has 4 fully saturated rings. The van der Waals surface area contributed by atoms with Gasteiger partial charge in [-0.2, -0.15) is 0 Å².